The van der Waals surface area contributed by atoms with Crippen LogP contribution in [0.25, 0.3) is 23.1 Å². The molecule has 0 saturated carbocycles. The zero-order chi connectivity index (χ0) is 23.8. The van der Waals surface area contributed by atoms with Crippen LogP contribution in [0.5, 0.6) is 11.5 Å². The van der Waals surface area contributed by atoms with E-state index in [0.717, 1.165) is 12.1 Å². The van der Waals surface area contributed by atoms with Gasteiger partial charge < -0.3 is 19.6 Å². The predicted octanol–water partition coefficient (Wildman–Crippen LogP) is 5.02. The van der Waals surface area contributed by atoms with Crippen molar-refractivity contribution in [3.63, 3.8) is 0 Å². The average Bonchev–Trinajstić information content (AvgIpc) is 2.74. The Morgan fingerprint density at radius 2 is 1.69 bits per heavy atom. The number of nitrogens with one attached hydrogen (secondary N) is 1. The molecule has 0 aliphatic carbocycles. The van der Waals surface area contributed by atoms with Gasteiger partial charge in [-0.25, -0.2) is 9.78 Å². The van der Waals surface area contributed by atoms with Crippen molar-refractivity contribution in [2.45, 2.75) is 27.1 Å². The van der Waals surface area contributed by atoms with Crippen LogP contribution >= 0.6 is 0 Å². The molecule has 7 nitrogen and oxygen atoms in total. The van der Waals surface area contributed by atoms with Crippen LogP contribution in [0.15, 0.2) is 41.2 Å². The van der Waals surface area contributed by atoms with Crippen LogP contribution in [-0.2, 0) is 0 Å². The summed E-state index contributed by atoms with van der Waals surface area (Å²) in [5.74, 6) is -2.46. The van der Waals surface area contributed by atoms with Gasteiger partial charge in [-0.2, -0.15) is 17.6 Å². The number of hydrogen-bond acceptors (Lipinski definition) is 5. The second-order valence-corrected chi connectivity index (χ2v) is 5.75. The van der Waals surface area contributed by atoms with Crippen molar-refractivity contribution in [3.05, 3.63) is 63.7 Å². The quantitative estimate of drug-likeness (QED) is 0.486. The number of nitrogens with zero attached hydrogens (tertiary/aromatic N) is 1. The van der Waals surface area contributed by atoms with Crippen molar-refractivity contribution in [2.75, 3.05) is 0 Å². The topological polar surface area (TPSA) is 102 Å². The van der Waals surface area contributed by atoms with Gasteiger partial charge in [0.1, 0.15) is 5.82 Å². The zero-order valence-electron chi connectivity index (χ0n) is 16.8. The van der Waals surface area contributed by atoms with Gasteiger partial charge in [-0.05, 0) is 35.9 Å². The van der Waals surface area contributed by atoms with Crippen molar-refractivity contribution in [3.8, 4) is 11.5 Å². The summed E-state index contributed by atoms with van der Waals surface area (Å²) in [4.78, 5) is 30.1. The van der Waals surface area contributed by atoms with Gasteiger partial charge in [-0.1, -0.05) is 32.1 Å². The minimum atomic E-state index is -3.27. The molecule has 3 rings (SSSR count). The highest BCUT2D eigenvalue weighted by Gasteiger charge is 2.15. The Balaban J connectivity index is 0.00000176. The van der Waals surface area contributed by atoms with Crippen LogP contribution in [0.1, 0.15) is 35.6 Å². The number of ether oxygens (including phenoxy) is 2. The van der Waals surface area contributed by atoms with Gasteiger partial charge in [0, 0.05) is 0 Å². The van der Waals surface area contributed by atoms with Crippen LogP contribution in [-0.4, -0.2) is 34.3 Å². The number of benzene rings is 2. The fourth-order valence-corrected chi connectivity index (χ4v) is 2.62. The van der Waals surface area contributed by atoms with Crippen molar-refractivity contribution in [2.24, 2.45) is 0 Å². The maximum Gasteiger partial charge on any atom is 0.387 e. The second-order valence-electron chi connectivity index (χ2n) is 5.75. The third-order valence-electron chi connectivity index (χ3n) is 3.82. The predicted molar refractivity (Wildman–Crippen MR) is 109 cm³/mol. The number of alkyl halides is 4. The lowest BCUT2D eigenvalue weighted by molar-refractivity contribution is -0.0692. The third kappa shape index (κ3) is 6.06. The molecule has 11 heteroatoms. The van der Waals surface area contributed by atoms with Gasteiger partial charge in [0.05, 0.1) is 16.5 Å². The molecule has 2 aromatic carbocycles. The molecule has 1 aromatic heterocycles. The molecule has 0 fully saturated rings. The second kappa shape index (κ2) is 10.9. The highest BCUT2D eigenvalue weighted by Crippen LogP contribution is 2.31. The summed E-state index contributed by atoms with van der Waals surface area (Å²) < 4.78 is 58.2. The molecule has 1 heterocycles. The van der Waals surface area contributed by atoms with Crippen LogP contribution in [0.3, 0.4) is 0 Å². The Bertz CT molecular complexity index is 1180. The number of carboxylic acids is 1. The number of carbonyl (C=O) groups is 1. The van der Waals surface area contributed by atoms with E-state index >= 15 is 0 Å². The minimum absolute atomic E-state index is 0.00886. The van der Waals surface area contributed by atoms with Gasteiger partial charge in [-0.15, -0.1) is 0 Å². The number of fused-ring (bicyclic) bond motifs is 1. The number of para-hydroxylation sites is 1. The normalized spacial score (nSPS) is 11.0. The molecular weight excluding hydrogens is 436 g/mol. The third-order valence-corrected chi connectivity index (χ3v) is 3.82. The molecule has 32 heavy (non-hydrogen) atoms. The Labute approximate surface area is 178 Å². The molecule has 0 atom stereocenters. The average molecular weight is 454 g/mol. The fraction of sp³-hybridized carbons (Fsp3) is 0.190. The lowest BCUT2D eigenvalue weighted by Crippen LogP contribution is -2.12. The number of rotatable bonds is 7. The van der Waals surface area contributed by atoms with Crippen LogP contribution in [0, 0.1) is 0 Å². The van der Waals surface area contributed by atoms with E-state index in [1.165, 1.54) is 36.4 Å². The summed E-state index contributed by atoms with van der Waals surface area (Å²) in [6.07, 6.45) is 2.62. The van der Waals surface area contributed by atoms with Crippen molar-refractivity contribution >= 4 is 29.0 Å². The summed E-state index contributed by atoms with van der Waals surface area (Å²) in [5, 5.41) is 9.33. The maximum absolute atomic E-state index is 12.5. The molecular formula is C21H18F4N2O5. The number of H-pyrrole nitrogens is 1. The van der Waals surface area contributed by atoms with Crippen molar-refractivity contribution in [1.82, 2.24) is 9.97 Å². The fourth-order valence-electron chi connectivity index (χ4n) is 2.62. The van der Waals surface area contributed by atoms with E-state index in [4.69, 9.17) is 0 Å². The van der Waals surface area contributed by atoms with E-state index in [9.17, 15) is 32.3 Å². The Kier molecular flexibility index (Phi) is 8.33. The maximum atomic E-state index is 12.5. The van der Waals surface area contributed by atoms with E-state index in [2.05, 4.69) is 19.4 Å². The number of aromatic carboxylic acids is 1. The van der Waals surface area contributed by atoms with E-state index < -0.39 is 36.3 Å². The van der Waals surface area contributed by atoms with E-state index in [1.807, 2.05) is 13.8 Å². The highest BCUT2D eigenvalue weighted by atomic mass is 19.3. The summed E-state index contributed by atoms with van der Waals surface area (Å²) in [7, 11) is 0. The smallest absolute Gasteiger partial charge is 0.387 e. The molecule has 170 valence electrons. The molecule has 0 bridgehead atoms. The monoisotopic (exact) mass is 454 g/mol. The zero-order valence-corrected chi connectivity index (χ0v) is 16.8. The Morgan fingerprint density at radius 1 is 1.03 bits per heavy atom. The largest absolute Gasteiger partial charge is 0.478 e. The van der Waals surface area contributed by atoms with Gasteiger partial charge >= 0.3 is 19.2 Å². The molecule has 0 amide bonds. The molecule has 0 aliphatic rings. The summed E-state index contributed by atoms with van der Waals surface area (Å²) in [6, 6.07) is 7.45. The molecule has 0 radical (unpaired) electrons. The Hall–Kier alpha value is -3.89. The van der Waals surface area contributed by atoms with E-state index in [1.54, 1.807) is 0 Å². The first kappa shape index (κ1) is 24.4. The van der Waals surface area contributed by atoms with Gasteiger partial charge in [0.15, 0.2) is 11.5 Å². The first-order valence-electron chi connectivity index (χ1n) is 9.22. The lowest BCUT2D eigenvalue weighted by Gasteiger charge is -2.12. The van der Waals surface area contributed by atoms with E-state index in [0.29, 0.717) is 0 Å². The molecule has 0 aliphatic heterocycles. The van der Waals surface area contributed by atoms with Crippen LogP contribution in [0.4, 0.5) is 17.6 Å². The number of aromatic nitrogens is 2. The molecule has 2 N–H and O–H groups in total. The Morgan fingerprint density at radius 3 is 2.31 bits per heavy atom. The van der Waals surface area contributed by atoms with Crippen molar-refractivity contribution in [1.29, 1.82) is 0 Å². The van der Waals surface area contributed by atoms with Crippen LogP contribution in [0.2, 0.25) is 0 Å². The van der Waals surface area contributed by atoms with Gasteiger partial charge in [0.25, 0.3) is 5.56 Å². The SMILES string of the molecule is CC.O=C(O)c1cccc2c(=O)[nH]c(/C=C/c3ccc(OC(F)F)c(OC(F)F)c3)nc12. The summed E-state index contributed by atoms with van der Waals surface area (Å²) >= 11 is 0. The van der Waals surface area contributed by atoms with Crippen LogP contribution < -0.4 is 15.0 Å². The lowest BCUT2D eigenvalue weighted by atomic mass is 10.1. The number of carboxylic acid groups (broad SMARTS) is 1. The minimum Gasteiger partial charge on any atom is -0.478 e. The van der Waals surface area contributed by atoms with Gasteiger partial charge in [0.2, 0.25) is 0 Å². The molecule has 0 spiro atoms. The molecule has 3 aromatic rings. The number of aromatic amines is 1. The van der Waals surface area contributed by atoms with Crippen molar-refractivity contribution < 1.29 is 36.9 Å². The number of halogens is 4. The molecule has 0 unspecified atom stereocenters. The molecule has 0 saturated heterocycles. The number of hydrogen-bond donors (Lipinski definition) is 2. The van der Waals surface area contributed by atoms with E-state index in [-0.39, 0.29) is 27.9 Å². The summed E-state index contributed by atoms with van der Waals surface area (Å²) in [5.41, 5.74) is -0.545. The standard InChI is InChI=1S/C19H12F4N2O5.C2H6/c20-18(21)29-12-6-4-9(8-13(12)30-19(22)23)5-7-14-24-15-10(16(26)25-14)2-1-3-11(15)17(27)28;1-2/h1-8,18-19H,(H,27,28)(H,24,25,26);1-2H3/b7-5+;. The first-order valence-corrected chi connectivity index (χ1v) is 9.22. The first-order chi connectivity index (χ1) is 15.2. The summed E-state index contributed by atoms with van der Waals surface area (Å²) in [6.45, 7) is -2.50. The van der Waals surface area contributed by atoms with Gasteiger partial charge in [-0.3, -0.25) is 4.79 Å². The highest BCUT2D eigenvalue weighted by molar-refractivity contribution is 6.01.